The van der Waals surface area contributed by atoms with Gasteiger partial charge in [0.2, 0.25) is 5.91 Å². The van der Waals surface area contributed by atoms with Crippen LogP contribution in [-0.4, -0.2) is 42.0 Å². The fourth-order valence-electron chi connectivity index (χ4n) is 2.94. The van der Waals surface area contributed by atoms with E-state index in [9.17, 15) is 9.59 Å². The summed E-state index contributed by atoms with van der Waals surface area (Å²) in [5.74, 6) is 0.259. The number of aryl methyl sites for hydroxylation is 1. The predicted octanol–water partition coefficient (Wildman–Crippen LogP) is 2.57. The number of piperidine rings is 1. The summed E-state index contributed by atoms with van der Waals surface area (Å²) in [5.41, 5.74) is 2.82. The average molecular weight is 328 g/mol. The van der Waals surface area contributed by atoms with Crippen LogP contribution < -0.4 is 0 Å². The summed E-state index contributed by atoms with van der Waals surface area (Å²) < 4.78 is 10.4. The molecule has 2 aromatic rings. The van der Waals surface area contributed by atoms with E-state index in [-0.39, 0.29) is 11.8 Å². The van der Waals surface area contributed by atoms with Gasteiger partial charge in [0.25, 0.3) is 0 Å². The zero-order valence-corrected chi connectivity index (χ0v) is 13.8. The maximum atomic E-state index is 12.0. The van der Waals surface area contributed by atoms with Crippen LogP contribution in [0.4, 0.5) is 0 Å². The van der Waals surface area contributed by atoms with E-state index >= 15 is 0 Å². The molecule has 0 unspecified atom stereocenters. The molecule has 1 aromatic carbocycles. The van der Waals surface area contributed by atoms with Crippen molar-refractivity contribution in [2.24, 2.45) is 0 Å². The number of rotatable bonds is 3. The molecule has 0 N–H and O–H groups in total. The van der Waals surface area contributed by atoms with Gasteiger partial charge in [-0.1, -0.05) is 12.1 Å². The molecule has 0 atom stereocenters. The molecule has 1 aliphatic rings. The van der Waals surface area contributed by atoms with Crippen molar-refractivity contribution in [1.29, 1.82) is 0 Å². The summed E-state index contributed by atoms with van der Waals surface area (Å²) in [4.78, 5) is 29.4. The van der Waals surface area contributed by atoms with E-state index in [1.165, 1.54) is 13.2 Å². The van der Waals surface area contributed by atoms with Gasteiger partial charge in [0, 0.05) is 31.2 Å². The first kappa shape index (κ1) is 16.2. The Hall–Kier alpha value is -2.63. The average Bonchev–Trinajstić information content (AvgIpc) is 3.05. The van der Waals surface area contributed by atoms with Crippen molar-refractivity contribution in [3.63, 3.8) is 0 Å². The van der Waals surface area contributed by atoms with E-state index in [0.717, 1.165) is 41.5 Å². The van der Waals surface area contributed by atoms with Crippen LogP contribution in [0.25, 0.3) is 11.1 Å². The van der Waals surface area contributed by atoms with E-state index in [0.29, 0.717) is 13.1 Å². The third-order valence-electron chi connectivity index (χ3n) is 4.36. The molecule has 1 saturated heterocycles. The van der Waals surface area contributed by atoms with Gasteiger partial charge >= 0.3 is 5.97 Å². The highest BCUT2D eigenvalue weighted by molar-refractivity contribution is 5.94. The molecule has 1 aromatic heterocycles. The minimum atomic E-state index is -0.528. The van der Waals surface area contributed by atoms with Crippen molar-refractivity contribution >= 4 is 23.0 Å². The molecule has 0 radical (unpaired) electrons. The van der Waals surface area contributed by atoms with Crippen molar-refractivity contribution in [3.05, 3.63) is 41.8 Å². The molecule has 24 heavy (non-hydrogen) atoms. The minimum Gasteiger partial charge on any atom is -0.466 e. The number of nitrogens with zero attached hydrogens (tertiary/aromatic N) is 2. The van der Waals surface area contributed by atoms with E-state index < -0.39 is 5.97 Å². The number of oxazole rings is 1. The quantitative estimate of drug-likeness (QED) is 0.639. The van der Waals surface area contributed by atoms with Crippen LogP contribution in [0.2, 0.25) is 0 Å². The zero-order chi connectivity index (χ0) is 17.1. The van der Waals surface area contributed by atoms with Crippen LogP contribution >= 0.6 is 0 Å². The van der Waals surface area contributed by atoms with Crippen LogP contribution in [0.5, 0.6) is 0 Å². The Morgan fingerprint density at radius 3 is 2.71 bits per heavy atom. The number of amides is 1. The lowest BCUT2D eigenvalue weighted by Gasteiger charge is -2.29. The van der Waals surface area contributed by atoms with Gasteiger partial charge in [-0.25, -0.2) is 9.78 Å². The highest BCUT2D eigenvalue weighted by Crippen LogP contribution is 2.30. The van der Waals surface area contributed by atoms with Crippen molar-refractivity contribution in [3.8, 4) is 0 Å². The lowest BCUT2D eigenvalue weighted by atomic mass is 9.96. The number of benzene rings is 1. The SMILES string of the molecule is COC(=O)/C=C/C(=O)N1CCC(c2nc3c(C)cccc3o2)CC1. The molecule has 6 heteroatoms. The lowest BCUT2D eigenvalue weighted by molar-refractivity contribution is -0.135. The number of likely N-dealkylation sites (tertiary alicyclic amines) is 1. The molecule has 0 aliphatic carbocycles. The standard InChI is InChI=1S/C18H20N2O4/c1-12-4-3-5-14-17(12)19-18(24-14)13-8-10-20(11-9-13)15(21)6-7-16(22)23-2/h3-7,13H,8-11H2,1-2H3/b7-6+. The first-order chi connectivity index (χ1) is 11.6. The molecule has 1 amide bonds. The van der Waals surface area contributed by atoms with Gasteiger partial charge in [-0.05, 0) is 31.4 Å². The molecule has 0 bridgehead atoms. The molecular weight excluding hydrogens is 308 g/mol. The Bertz CT molecular complexity index is 785. The number of fused-ring (bicyclic) bond motifs is 1. The van der Waals surface area contributed by atoms with Gasteiger partial charge in [0.1, 0.15) is 5.52 Å². The van der Waals surface area contributed by atoms with Gasteiger partial charge in [0.05, 0.1) is 7.11 Å². The molecular formula is C18H20N2O4. The molecule has 0 spiro atoms. The summed E-state index contributed by atoms with van der Waals surface area (Å²) >= 11 is 0. The second-order valence-electron chi connectivity index (χ2n) is 5.93. The van der Waals surface area contributed by atoms with Crippen LogP contribution in [0.15, 0.2) is 34.8 Å². The number of methoxy groups -OCH3 is 1. The highest BCUT2D eigenvalue weighted by Gasteiger charge is 2.26. The molecule has 1 fully saturated rings. The zero-order valence-electron chi connectivity index (χ0n) is 13.8. The first-order valence-electron chi connectivity index (χ1n) is 7.99. The number of hydrogen-bond donors (Lipinski definition) is 0. The molecule has 1 aliphatic heterocycles. The van der Waals surface area contributed by atoms with Gasteiger partial charge in [-0.3, -0.25) is 4.79 Å². The highest BCUT2D eigenvalue weighted by atomic mass is 16.5. The number of carbonyl (C=O) groups excluding carboxylic acids is 2. The Kier molecular flexibility index (Phi) is 4.64. The maximum absolute atomic E-state index is 12.0. The largest absolute Gasteiger partial charge is 0.466 e. The molecule has 0 saturated carbocycles. The van der Waals surface area contributed by atoms with Crippen molar-refractivity contribution in [1.82, 2.24) is 9.88 Å². The van der Waals surface area contributed by atoms with Crippen LogP contribution in [0, 0.1) is 6.92 Å². The Labute approximate surface area is 140 Å². The summed E-state index contributed by atoms with van der Waals surface area (Å²) in [6.07, 6.45) is 4.00. The van der Waals surface area contributed by atoms with E-state index in [1.54, 1.807) is 4.90 Å². The van der Waals surface area contributed by atoms with Gasteiger partial charge in [-0.15, -0.1) is 0 Å². The topological polar surface area (TPSA) is 72.6 Å². The fraction of sp³-hybridized carbons (Fsp3) is 0.389. The van der Waals surface area contributed by atoms with Gasteiger partial charge in [-0.2, -0.15) is 0 Å². The van der Waals surface area contributed by atoms with Crippen LogP contribution in [0.1, 0.15) is 30.2 Å². The summed E-state index contributed by atoms with van der Waals surface area (Å²) in [6, 6.07) is 5.90. The monoisotopic (exact) mass is 328 g/mol. The predicted molar refractivity (Wildman–Crippen MR) is 88.5 cm³/mol. The first-order valence-corrected chi connectivity index (χ1v) is 7.99. The molecule has 126 valence electrons. The number of para-hydroxylation sites is 1. The normalized spacial score (nSPS) is 16.0. The number of hydrogen-bond acceptors (Lipinski definition) is 5. The molecule has 3 rings (SSSR count). The van der Waals surface area contributed by atoms with Crippen molar-refractivity contribution in [2.75, 3.05) is 20.2 Å². The number of carbonyl (C=O) groups is 2. The second kappa shape index (κ2) is 6.86. The third-order valence-corrected chi connectivity index (χ3v) is 4.36. The van der Waals surface area contributed by atoms with Crippen LogP contribution in [-0.2, 0) is 14.3 Å². The number of aromatic nitrogens is 1. The Balaban J connectivity index is 1.64. The van der Waals surface area contributed by atoms with Gasteiger partial charge < -0.3 is 14.1 Å². The Morgan fingerprint density at radius 1 is 1.29 bits per heavy atom. The van der Waals surface area contributed by atoms with E-state index in [2.05, 4.69) is 9.72 Å². The lowest BCUT2D eigenvalue weighted by Crippen LogP contribution is -2.37. The molecule has 2 heterocycles. The fourth-order valence-corrected chi connectivity index (χ4v) is 2.94. The summed E-state index contributed by atoms with van der Waals surface area (Å²) in [6.45, 7) is 3.25. The van der Waals surface area contributed by atoms with Crippen molar-refractivity contribution in [2.45, 2.75) is 25.7 Å². The molecule has 6 nitrogen and oxygen atoms in total. The summed E-state index contributed by atoms with van der Waals surface area (Å²) in [7, 11) is 1.28. The summed E-state index contributed by atoms with van der Waals surface area (Å²) in [5, 5.41) is 0. The van der Waals surface area contributed by atoms with E-state index in [1.807, 2.05) is 25.1 Å². The van der Waals surface area contributed by atoms with Crippen molar-refractivity contribution < 1.29 is 18.7 Å². The number of ether oxygens (including phenoxy) is 1. The maximum Gasteiger partial charge on any atom is 0.330 e. The third kappa shape index (κ3) is 3.32. The van der Waals surface area contributed by atoms with E-state index in [4.69, 9.17) is 4.42 Å². The second-order valence-corrected chi connectivity index (χ2v) is 5.93. The van der Waals surface area contributed by atoms with Crippen LogP contribution in [0.3, 0.4) is 0 Å². The number of esters is 1. The Morgan fingerprint density at radius 2 is 2.04 bits per heavy atom. The smallest absolute Gasteiger partial charge is 0.330 e. The van der Waals surface area contributed by atoms with Gasteiger partial charge in [0.15, 0.2) is 11.5 Å². The minimum absolute atomic E-state index is 0.174.